The number of aliphatic carboxylic acids is 1. The Labute approximate surface area is 88.0 Å². The number of ether oxygens (including phenoxy) is 1. The van der Waals surface area contributed by atoms with Crippen LogP contribution in [-0.2, 0) is 14.3 Å². The average Bonchev–Trinajstić information content (AvgIpc) is 2.19. The lowest BCUT2D eigenvalue weighted by Gasteiger charge is -2.31. The highest BCUT2D eigenvalue weighted by Gasteiger charge is 2.41. The third-order valence-corrected chi connectivity index (χ3v) is 2.83. The largest absolute Gasteiger partial charge is 0.479 e. The van der Waals surface area contributed by atoms with Crippen LogP contribution in [0.3, 0.4) is 0 Å². The minimum absolute atomic E-state index is 0.117. The SMILES string of the molecule is CCOC(=O)C1CCC(O)(C(=O)O)CC1. The number of esters is 1. The average molecular weight is 216 g/mol. The van der Waals surface area contributed by atoms with Gasteiger partial charge in [-0.2, -0.15) is 0 Å². The Morgan fingerprint density at radius 3 is 2.33 bits per heavy atom. The zero-order valence-corrected chi connectivity index (χ0v) is 8.73. The molecular weight excluding hydrogens is 200 g/mol. The normalized spacial score (nSPS) is 30.9. The van der Waals surface area contributed by atoms with Crippen LogP contribution >= 0.6 is 0 Å². The molecule has 1 rings (SSSR count). The van der Waals surface area contributed by atoms with Crippen molar-refractivity contribution < 1.29 is 24.5 Å². The Kier molecular flexibility index (Phi) is 3.68. The molecule has 86 valence electrons. The zero-order valence-electron chi connectivity index (χ0n) is 8.73. The maximum absolute atomic E-state index is 11.3. The summed E-state index contributed by atoms with van der Waals surface area (Å²) >= 11 is 0. The number of carbonyl (C=O) groups is 2. The van der Waals surface area contributed by atoms with Crippen molar-refractivity contribution in [3.05, 3.63) is 0 Å². The van der Waals surface area contributed by atoms with Crippen molar-refractivity contribution in [2.75, 3.05) is 6.61 Å². The highest BCUT2D eigenvalue weighted by Crippen LogP contribution is 2.32. The van der Waals surface area contributed by atoms with Crippen LogP contribution in [0, 0.1) is 5.92 Å². The van der Waals surface area contributed by atoms with Gasteiger partial charge >= 0.3 is 11.9 Å². The molecule has 0 unspecified atom stereocenters. The van der Waals surface area contributed by atoms with E-state index in [1.165, 1.54) is 0 Å². The quantitative estimate of drug-likeness (QED) is 0.673. The van der Waals surface area contributed by atoms with Crippen molar-refractivity contribution in [3.8, 4) is 0 Å². The summed E-state index contributed by atoms with van der Waals surface area (Å²) in [7, 11) is 0. The van der Waals surface area contributed by atoms with E-state index < -0.39 is 11.6 Å². The van der Waals surface area contributed by atoms with E-state index in [1.54, 1.807) is 6.92 Å². The molecule has 0 bridgehead atoms. The molecule has 0 amide bonds. The van der Waals surface area contributed by atoms with E-state index in [4.69, 9.17) is 9.84 Å². The Bertz CT molecular complexity index is 253. The molecule has 5 heteroatoms. The first-order valence-electron chi connectivity index (χ1n) is 5.12. The van der Waals surface area contributed by atoms with Crippen LogP contribution in [0.4, 0.5) is 0 Å². The van der Waals surface area contributed by atoms with E-state index in [1.807, 2.05) is 0 Å². The highest BCUT2D eigenvalue weighted by atomic mass is 16.5. The first-order valence-corrected chi connectivity index (χ1v) is 5.12. The van der Waals surface area contributed by atoms with Crippen molar-refractivity contribution in [2.45, 2.75) is 38.2 Å². The Morgan fingerprint density at radius 1 is 1.40 bits per heavy atom. The molecule has 2 N–H and O–H groups in total. The summed E-state index contributed by atoms with van der Waals surface area (Å²) < 4.78 is 4.84. The van der Waals surface area contributed by atoms with Gasteiger partial charge in [-0.3, -0.25) is 4.79 Å². The van der Waals surface area contributed by atoms with E-state index in [9.17, 15) is 14.7 Å². The molecule has 0 radical (unpaired) electrons. The number of hydrogen-bond donors (Lipinski definition) is 2. The smallest absolute Gasteiger partial charge is 0.335 e. The lowest BCUT2D eigenvalue weighted by atomic mass is 9.79. The van der Waals surface area contributed by atoms with Crippen LogP contribution in [0.25, 0.3) is 0 Å². The summed E-state index contributed by atoms with van der Waals surface area (Å²) in [5.74, 6) is -1.75. The summed E-state index contributed by atoms with van der Waals surface area (Å²) in [6.45, 7) is 2.06. The molecule has 15 heavy (non-hydrogen) atoms. The standard InChI is InChI=1S/C10H16O5/c1-2-15-8(11)7-3-5-10(14,6-4-7)9(12)13/h7,14H,2-6H2,1H3,(H,12,13). The number of rotatable bonds is 3. The predicted molar refractivity (Wildman–Crippen MR) is 51.2 cm³/mol. The maximum Gasteiger partial charge on any atom is 0.335 e. The minimum Gasteiger partial charge on any atom is -0.479 e. The Morgan fingerprint density at radius 2 is 1.93 bits per heavy atom. The van der Waals surface area contributed by atoms with Crippen molar-refractivity contribution in [2.24, 2.45) is 5.92 Å². The fourth-order valence-electron chi connectivity index (χ4n) is 1.81. The van der Waals surface area contributed by atoms with Gasteiger partial charge in [0, 0.05) is 0 Å². The van der Waals surface area contributed by atoms with Crippen LogP contribution in [0.1, 0.15) is 32.6 Å². The molecule has 0 saturated heterocycles. The Balaban J connectivity index is 2.49. The van der Waals surface area contributed by atoms with Crippen LogP contribution < -0.4 is 0 Å². The number of carbonyl (C=O) groups excluding carboxylic acids is 1. The molecule has 1 aliphatic carbocycles. The van der Waals surface area contributed by atoms with E-state index in [0.717, 1.165) is 0 Å². The van der Waals surface area contributed by atoms with E-state index in [2.05, 4.69) is 0 Å². The molecule has 0 spiro atoms. The molecule has 0 atom stereocenters. The molecule has 0 aromatic carbocycles. The minimum atomic E-state index is -1.65. The van der Waals surface area contributed by atoms with Gasteiger partial charge in [-0.15, -0.1) is 0 Å². The number of hydrogen-bond acceptors (Lipinski definition) is 4. The van der Waals surface area contributed by atoms with Crippen LogP contribution in [0.2, 0.25) is 0 Å². The van der Waals surface area contributed by atoms with Gasteiger partial charge in [0.15, 0.2) is 5.60 Å². The first-order chi connectivity index (χ1) is 6.99. The molecular formula is C10H16O5. The van der Waals surface area contributed by atoms with E-state index >= 15 is 0 Å². The second-order valence-corrected chi connectivity index (χ2v) is 3.86. The van der Waals surface area contributed by atoms with Crippen molar-refractivity contribution in [1.82, 2.24) is 0 Å². The van der Waals surface area contributed by atoms with Gasteiger partial charge in [-0.1, -0.05) is 0 Å². The van der Waals surface area contributed by atoms with E-state index in [0.29, 0.717) is 19.4 Å². The van der Waals surface area contributed by atoms with Gasteiger partial charge in [0.1, 0.15) is 0 Å². The lowest BCUT2D eigenvalue weighted by molar-refractivity contribution is -0.166. The first kappa shape index (κ1) is 12.0. The van der Waals surface area contributed by atoms with Gasteiger partial charge in [0.25, 0.3) is 0 Å². The third-order valence-electron chi connectivity index (χ3n) is 2.83. The van der Waals surface area contributed by atoms with Gasteiger partial charge < -0.3 is 14.9 Å². The molecule has 0 aromatic heterocycles. The summed E-state index contributed by atoms with van der Waals surface area (Å²) in [5.41, 5.74) is -1.65. The van der Waals surface area contributed by atoms with Crippen molar-refractivity contribution in [1.29, 1.82) is 0 Å². The summed E-state index contributed by atoms with van der Waals surface area (Å²) in [5, 5.41) is 18.4. The van der Waals surface area contributed by atoms with Gasteiger partial charge in [-0.25, -0.2) is 4.79 Å². The molecule has 1 saturated carbocycles. The Hall–Kier alpha value is -1.10. The van der Waals surface area contributed by atoms with Crippen molar-refractivity contribution >= 4 is 11.9 Å². The molecule has 5 nitrogen and oxygen atoms in total. The van der Waals surface area contributed by atoms with Gasteiger partial charge in [0.2, 0.25) is 0 Å². The van der Waals surface area contributed by atoms with Crippen LogP contribution in [-0.4, -0.2) is 34.4 Å². The van der Waals surface area contributed by atoms with Crippen molar-refractivity contribution in [3.63, 3.8) is 0 Å². The fourth-order valence-corrected chi connectivity index (χ4v) is 1.81. The predicted octanol–water partition coefficient (Wildman–Crippen LogP) is 0.555. The van der Waals surface area contributed by atoms with Crippen LogP contribution in [0.15, 0.2) is 0 Å². The second kappa shape index (κ2) is 4.61. The molecule has 0 heterocycles. The fraction of sp³-hybridized carbons (Fsp3) is 0.800. The second-order valence-electron chi connectivity index (χ2n) is 3.86. The molecule has 0 aromatic rings. The third kappa shape index (κ3) is 2.68. The topological polar surface area (TPSA) is 83.8 Å². The van der Waals surface area contributed by atoms with Crippen LogP contribution in [0.5, 0.6) is 0 Å². The summed E-state index contributed by atoms with van der Waals surface area (Å²) in [6.07, 6.45) is 0.987. The maximum atomic E-state index is 11.3. The summed E-state index contributed by atoms with van der Waals surface area (Å²) in [4.78, 5) is 22.0. The summed E-state index contributed by atoms with van der Waals surface area (Å²) in [6, 6.07) is 0. The number of carboxylic acid groups (broad SMARTS) is 1. The van der Waals surface area contributed by atoms with Gasteiger partial charge in [0.05, 0.1) is 12.5 Å². The molecule has 0 aliphatic heterocycles. The zero-order chi connectivity index (χ0) is 11.5. The lowest BCUT2D eigenvalue weighted by Crippen LogP contribution is -2.43. The molecule has 1 fully saturated rings. The van der Waals surface area contributed by atoms with E-state index in [-0.39, 0.29) is 24.7 Å². The number of carboxylic acids is 1. The highest BCUT2D eigenvalue weighted by molar-refractivity contribution is 5.78. The molecule has 1 aliphatic rings. The monoisotopic (exact) mass is 216 g/mol. The number of aliphatic hydroxyl groups is 1. The van der Waals surface area contributed by atoms with Gasteiger partial charge in [-0.05, 0) is 32.6 Å².